The highest BCUT2D eigenvalue weighted by molar-refractivity contribution is 6.54. The number of carboxylic acid groups (broad SMARTS) is 1. The van der Waals surface area contributed by atoms with Crippen LogP contribution in [-0.4, -0.2) is 22.0 Å². The second-order valence-corrected chi connectivity index (χ2v) is 5.97. The molecule has 1 heterocycles. The molecule has 1 amide bonds. The summed E-state index contributed by atoms with van der Waals surface area (Å²) in [6.45, 7) is 1.78. The van der Waals surface area contributed by atoms with E-state index in [4.69, 9.17) is 46.4 Å². The number of nitrogens with one attached hydrogen (secondary N) is 1. The number of aromatic carboxylic acids is 1. The number of hydrogen-bond donors (Lipinski definition) is 2. The summed E-state index contributed by atoms with van der Waals surface area (Å²) in [5, 5.41) is 10.7. The van der Waals surface area contributed by atoms with Crippen molar-refractivity contribution >= 4 is 64.0 Å². The standard InChI is InChI=1S/C14H8Cl4N2O3/c1-5-2-3-6(4-19-5)20-13(21)7-8(14(22)23)10(16)12(18)11(17)9(7)15/h2-4H,1H3,(H,20,21)(H,22,23). The van der Waals surface area contributed by atoms with Gasteiger partial charge in [-0.05, 0) is 19.1 Å². The summed E-state index contributed by atoms with van der Waals surface area (Å²) >= 11 is 23.6. The van der Waals surface area contributed by atoms with E-state index in [0.717, 1.165) is 5.69 Å². The molecular formula is C14H8Cl4N2O3. The van der Waals surface area contributed by atoms with Gasteiger partial charge in [-0.3, -0.25) is 9.78 Å². The normalized spacial score (nSPS) is 10.5. The molecule has 0 unspecified atom stereocenters. The number of carbonyl (C=O) groups is 2. The number of pyridine rings is 1. The molecule has 5 nitrogen and oxygen atoms in total. The number of benzene rings is 1. The molecule has 0 atom stereocenters. The topological polar surface area (TPSA) is 79.3 Å². The van der Waals surface area contributed by atoms with Gasteiger partial charge in [0.1, 0.15) is 0 Å². The van der Waals surface area contributed by atoms with Crippen LogP contribution in [0.2, 0.25) is 20.1 Å². The zero-order chi connectivity index (χ0) is 17.3. The lowest BCUT2D eigenvalue weighted by molar-refractivity contribution is 0.0692. The monoisotopic (exact) mass is 392 g/mol. The number of nitrogens with zero attached hydrogens (tertiary/aromatic N) is 1. The first-order chi connectivity index (χ1) is 10.7. The highest BCUT2D eigenvalue weighted by atomic mass is 35.5. The van der Waals surface area contributed by atoms with Crippen LogP contribution in [0.4, 0.5) is 5.69 Å². The largest absolute Gasteiger partial charge is 0.478 e. The number of aromatic nitrogens is 1. The van der Waals surface area contributed by atoms with Gasteiger partial charge >= 0.3 is 5.97 Å². The van der Waals surface area contributed by atoms with E-state index in [1.54, 1.807) is 19.1 Å². The highest BCUT2D eigenvalue weighted by Gasteiger charge is 2.28. The number of aryl methyl sites for hydroxylation is 1. The molecule has 2 rings (SSSR count). The predicted octanol–water partition coefficient (Wildman–Crippen LogP) is 4.95. The smallest absolute Gasteiger partial charge is 0.338 e. The van der Waals surface area contributed by atoms with Crippen LogP contribution < -0.4 is 5.32 Å². The minimum Gasteiger partial charge on any atom is -0.478 e. The molecule has 0 aliphatic carbocycles. The fraction of sp³-hybridized carbons (Fsp3) is 0.0714. The van der Waals surface area contributed by atoms with Gasteiger partial charge in [-0.15, -0.1) is 0 Å². The van der Waals surface area contributed by atoms with Gasteiger partial charge in [0.05, 0.1) is 43.1 Å². The Kier molecular flexibility index (Phi) is 5.37. The molecule has 2 aromatic rings. The lowest BCUT2D eigenvalue weighted by Crippen LogP contribution is -2.18. The average Bonchev–Trinajstić information content (AvgIpc) is 2.50. The van der Waals surface area contributed by atoms with E-state index >= 15 is 0 Å². The van der Waals surface area contributed by atoms with Crippen LogP contribution in [0.25, 0.3) is 0 Å². The first-order valence-corrected chi connectivity index (χ1v) is 7.58. The quantitative estimate of drug-likeness (QED) is 0.570. The maximum absolute atomic E-state index is 12.4. The van der Waals surface area contributed by atoms with Crippen LogP contribution in [0.1, 0.15) is 26.4 Å². The molecular weight excluding hydrogens is 386 g/mol. The third-order valence-corrected chi connectivity index (χ3v) is 4.68. The van der Waals surface area contributed by atoms with Crippen molar-refractivity contribution in [3.8, 4) is 0 Å². The molecule has 0 aliphatic heterocycles. The molecule has 0 radical (unpaired) electrons. The van der Waals surface area contributed by atoms with Gasteiger partial charge in [0, 0.05) is 5.69 Å². The van der Waals surface area contributed by atoms with Gasteiger partial charge in [0.15, 0.2) is 0 Å². The van der Waals surface area contributed by atoms with Crippen LogP contribution in [0, 0.1) is 6.92 Å². The maximum atomic E-state index is 12.4. The lowest BCUT2D eigenvalue weighted by Gasteiger charge is -2.14. The zero-order valence-corrected chi connectivity index (χ0v) is 14.5. The Morgan fingerprint density at radius 1 is 1.00 bits per heavy atom. The van der Waals surface area contributed by atoms with Crippen LogP contribution >= 0.6 is 46.4 Å². The number of rotatable bonds is 3. The van der Waals surface area contributed by atoms with Crippen molar-refractivity contribution in [2.45, 2.75) is 6.92 Å². The van der Waals surface area contributed by atoms with E-state index < -0.39 is 17.4 Å². The number of anilines is 1. The first kappa shape index (κ1) is 17.8. The molecule has 0 aliphatic rings. The van der Waals surface area contributed by atoms with Crippen LogP contribution in [0.3, 0.4) is 0 Å². The first-order valence-electron chi connectivity index (χ1n) is 6.07. The van der Waals surface area contributed by atoms with Crippen LogP contribution in [0.15, 0.2) is 18.3 Å². The second kappa shape index (κ2) is 6.93. The van der Waals surface area contributed by atoms with Crippen molar-refractivity contribution < 1.29 is 14.7 Å². The average molecular weight is 394 g/mol. The van der Waals surface area contributed by atoms with Gasteiger partial charge in [-0.25, -0.2) is 4.79 Å². The number of carboxylic acids is 1. The van der Waals surface area contributed by atoms with Crippen molar-refractivity contribution in [1.29, 1.82) is 0 Å². The Morgan fingerprint density at radius 2 is 1.57 bits per heavy atom. The molecule has 0 saturated carbocycles. The van der Waals surface area contributed by atoms with E-state index in [1.165, 1.54) is 6.20 Å². The molecule has 0 bridgehead atoms. The van der Waals surface area contributed by atoms with Gasteiger partial charge in [-0.1, -0.05) is 46.4 Å². The van der Waals surface area contributed by atoms with E-state index in [9.17, 15) is 14.7 Å². The van der Waals surface area contributed by atoms with E-state index in [-0.39, 0.29) is 25.7 Å². The number of halogens is 4. The Hall–Kier alpha value is -1.53. The van der Waals surface area contributed by atoms with Gasteiger partial charge in [-0.2, -0.15) is 0 Å². The van der Waals surface area contributed by atoms with Crippen molar-refractivity contribution in [3.05, 3.63) is 55.2 Å². The van der Waals surface area contributed by atoms with Crippen LogP contribution in [-0.2, 0) is 0 Å². The fourth-order valence-electron chi connectivity index (χ4n) is 1.78. The van der Waals surface area contributed by atoms with E-state index in [0.29, 0.717) is 5.69 Å². The third kappa shape index (κ3) is 3.53. The summed E-state index contributed by atoms with van der Waals surface area (Å²) in [5.74, 6) is -2.25. The summed E-state index contributed by atoms with van der Waals surface area (Å²) in [7, 11) is 0. The minimum absolute atomic E-state index is 0.199. The molecule has 120 valence electrons. The Morgan fingerprint density at radius 3 is 2.04 bits per heavy atom. The Bertz CT molecular complexity index is 807. The number of hydrogen-bond acceptors (Lipinski definition) is 3. The summed E-state index contributed by atoms with van der Waals surface area (Å²) in [5.41, 5.74) is 0.211. The molecule has 1 aromatic heterocycles. The molecule has 9 heteroatoms. The number of amides is 1. The van der Waals surface area contributed by atoms with Crippen molar-refractivity contribution in [1.82, 2.24) is 4.98 Å². The van der Waals surface area contributed by atoms with Crippen molar-refractivity contribution in [2.24, 2.45) is 0 Å². The van der Waals surface area contributed by atoms with Gasteiger partial charge in [0.2, 0.25) is 0 Å². The summed E-state index contributed by atoms with van der Waals surface area (Å²) in [6, 6.07) is 3.28. The van der Waals surface area contributed by atoms with E-state index in [2.05, 4.69) is 10.3 Å². The third-order valence-electron chi connectivity index (χ3n) is 2.88. The zero-order valence-electron chi connectivity index (χ0n) is 11.5. The summed E-state index contributed by atoms with van der Waals surface area (Å²) in [4.78, 5) is 27.9. The lowest BCUT2D eigenvalue weighted by atomic mass is 10.1. The minimum atomic E-state index is -1.46. The second-order valence-electron chi connectivity index (χ2n) is 4.45. The predicted molar refractivity (Wildman–Crippen MR) is 90.4 cm³/mol. The molecule has 2 N–H and O–H groups in total. The number of carbonyl (C=O) groups excluding carboxylic acids is 1. The van der Waals surface area contributed by atoms with Crippen molar-refractivity contribution in [2.75, 3.05) is 5.32 Å². The van der Waals surface area contributed by atoms with E-state index in [1.807, 2.05) is 0 Å². The van der Waals surface area contributed by atoms with Gasteiger partial charge < -0.3 is 10.4 Å². The van der Waals surface area contributed by atoms with Crippen molar-refractivity contribution in [3.63, 3.8) is 0 Å². The SMILES string of the molecule is Cc1ccc(NC(=O)c2c(Cl)c(Cl)c(Cl)c(Cl)c2C(=O)O)cn1. The molecule has 0 spiro atoms. The Balaban J connectivity index is 2.55. The molecule has 0 saturated heterocycles. The fourth-order valence-corrected chi connectivity index (χ4v) is 2.80. The molecule has 1 aromatic carbocycles. The van der Waals surface area contributed by atoms with Gasteiger partial charge in [0.25, 0.3) is 5.91 Å². The molecule has 23 heavy (non-hydrogen) atoms. The summed E-state index contributed by atoms with van der Waals surface area (Å²) in [6.07, 6.45) is 1.42. The summed E-state index contributed by atoms with van der Waals surface area (Å²) < 4.78 is 0. The van der Waals surface area contributed by atoms with Crippen LogP contribution in [0.5, 0.6) is 0 Å². The molecule has 0 fully saturated rings. The Labute approximate surface area is 151 Å². The maximum Gasteiger partial charge on any atom is 0.338 e. The highest BCUT2D eigenvalue weighted by Crippen LogP contribution is 2.41.